The van der Waals surface area contributed by atoms with Gasteiger partial charge in [-0.2, -0.15) is 18.4 Å². The maximum Gasteiger partial charge on any atom is 0.349 e. The van der Waals surface area contributed by atoms with E-state index in [1.54, 1.807) is 22.9 Å². The van der Waals surface area contributed by atoms with Crippen LogP contribution in [-0.4, -0.2) is 93.9 Å². The first-order valence-corrected chi connectivity index (χ1v) is 21.3. The number of rotatable bonds is 10. The molecule has 2 fully saturated rings. The third-order valence-electron chi connectivity index (χ3n) is 9.86. The number of hydrogen-bond donors (Lipinski definition) is 0. The van der Waals surface area contributed by atoms with Gasteiger partial charge in [-0.25, -0.2) is 9.98 Å². The van der Waals surface area contributed by atoms with Crippen molar-refractivity contribution in [3.05, 3.63) is 35.2 Å². The maximum absolute atomic E-state index is 14.5. The minimum Gasteiger partial charge on any atom is -0.391 e. The van der Waals surface area contributed by atoms with E-state index in [0.717, 1.165) is 5.56 Å². The van der Waals surface area contributed by atoms with Crippen LogP contribution in [-0.2, 0) is 28.4 Å². The Labute approximate surface area is 310 Å². The van der Waals surface area contributed by atoms with Crippen molar-refractivity contribution in [2.45, 2.75) is 140 Å². The number of benzene rings is 1. The summed E-state index contributed by atoms with van der Waals surface area (Å²) < 4.78 is 63.1. The lowest BCUT2D eigenvalue weighted by molar-refractivity contribution is -0.0797. The second kappa shape index (κ2) is 14.4. The van der Waals surface area contributed by atoms with Gasteiger partial charge < -0.3 is 27.4 Å². The molecule has 3 aromatic rings. The molecule has 0 aliphatic carbocycles. The molecule has 0 saturated carbocycles. The normalized spacial score (nSPS) is 22.7. The van der Waals surface area contributed by atoms with E-state index in [0.29, 0.717) is 17.7 Å². The Morgan fingerprint density at radius 3 is 2.08 bits per heavy atom. The van der Waals surface area contributed by atoms with Crippen molar-refractivity contribution in [3.8, 4) is 5.88 Å². The molecule has 0 amide bonds. The number of nitrogens with zero attached hydrogens (tertiary/aromatic N) is 6. The van der Waals surface area contributed by atoms with Crippen molar-refractivity contribution in [2.75, 3.05) is 27.8 Å². The average molecular weight is 759 g/mol. The minimum absolute atomic E-state index is 0.00711. The Morgan fingerprint density at radius 2 is 1.58 bits per heavy atom. The van der Waals surface area contributed by atoms with Gasteiger partial charge in [0, 0.05) is 31.3 Å². The number of aliphatic imine (C=N–C) groups is 1. The van der Waals surface area contributed by atoms with E-state index < -0.39 is 43.2 Å². The molecule has 4 heterocycles. The first-order valence-electron chi connectivity index (χ1n) is 18.1. The molecule has 2 aliphatic rings. The van der Waals surface area contributed by atoms with Crippen LogP contribution in [0.15, 0.2) is 28.3 Å². The minimum atomic E-state index is -4.42. The number of imidazole rings is 1. The molecule has 0 N–H and O–H groups in total. The van der Waals surface area contributed by atoms with Gasteiger partial charge in [-0.15, -0.1) is 0 Å². The third-order valence-corrected chi connectivity index (χ3v) is 16.3. The average Bonchev–Trinajstić information content (AvgIpc) is 3.62. The van der Waals surface area contributed by atoms with Gasteiger partial charge in [0.2, 0.25) is 0 Å². The number of ether oxygens (including phenoxy) is 2. The summed E-state index contributed by atoms with van der Waals surface area (Å²) in [5.74, 6) is -0.207. The van der Waals surface area contributed by atoms with Gasteiger partial charge in [-0.1, -0.05) is 95.2 Å². The third kappa shape index (κ3) is 7.28. The van der Waals surface area contributed by atoms with Gasteiger partial charge in [0.15, 0.2) is 17.4 Å². The van der Waals surface area contributed by atoms with Crippen LogP contribution >= 0.6 is 0 Å². The Morgan fingerprint density at radius 1 is 0.981 bits per heavy atom. The Bertz CT molecular complexity index is 1870. The standard InChI is InChI=1S/C37H58N6O7SSi/c1-21(2)24-16-25(22(3)4)31(26(17-24)23(5)6)51(44,45)49-33-28-32(40-35(41-33)39-19-42(13)14)43(20-38-28)34-30(46-15)29-27(48-34)18-47-52(50-29,36(7,8)9)37(10,11)12/h16-17,19-23,27,29-30,34H,18H2,1-15H3/b39-19+/t27-,29-,30-,34-/m1/s1. The molecule has 288 valence electrons. The zero-order chi connectivity index (χ0) is 38.7. The summed E-state index contributed by atoms with van der Waals surface area (Å²) in [7, 11) is -2.02. The van der Waals surface area contributed by atoms with Crippen molar-refractivity contribution in [2.24, 2.45) is 4.99 Å². The molecule has 15 heteroatoms. The highest BCUT2D eigenvalue weighted by molar-refractivity contribution is 7.87. The molecule has 0 unspecified atom stereocenters. The molecular weight excluding hydrogens is 701 g/mol. The van der Waals surface area contributed by atoms with E-state index in [1.165, 1.54) is 6.34 Å². The van der Waals surface area contributed by atoms with Gasteiger partial charge in [0.1, 0.15) is 23.2 Å². The second-order valence-corrected chi connectivity index (χ2v) is 23.4. The van der Waals surface area contributed by atoms with E-state index in [4.69, 9.17) is 27.5 Å². The lowest BCUT2D eigenvalue weighted by Crippen LogP contribution is -2.65. The van der Waals surface area contributed by atoms with Crippen molar-refractivity contribution in [1.29, 1.82) is 0 Å². The molecule has 0 radical (unpaired) electrons. The lowest BCUT2D eigenvalue weighted by atomic mass is 9.89. The quantitative estimate of drug-likeness (QED) is 0.0876. The molecule has 2 aromatic heterocycles. The second-order valence-electron chi connectivity index (χ2n) is 17.2. The molecule has 52 heavy (non-hydrogen) atoms. The van der Waals surface area contributed by atoms with Gasteiger partial charge >= 0.3 is 18.7 Å². The highest BCUT2D eigenvalue weighted by Gasteiger charge is 2.65. The monoisotopic (exact) mass is 758 g/mol. The summed E-state index contributed by atoms with van der Waals surface area (Å²) in [6.07, 6.45) is 0.953. The number of hydrogen-bond acceptors (Lipinski definition) is 11. The first-order chi connectivity index (χ1) is 24.0. The van der Waals surface area contributed by atoms with Gasteiger partial charge in [-0.3, -0.25) is 4.57 Å². The van der Waals surface area contributed by atoms with E-state index in [9.17, 15) is 8.42 Å². The van der Waals surface area contributed by atoms with Gasteiger partial charge in [-0.05, 0) is 34.4 Å². The fraction of sp³-hybridized carbons (Fsp3) is 0.676. The van der Waals surface area contributed by atoms with Crippen molar-refractivity contribution in [1.82, 2.24) is 24.4 Å². The molecule has 2 aliphatic heterocycles. The number of aromatic nitrogens is 4. The van der Waals surface area contributed by atoms with Crippen LogP contribution < -0.4 is 4.18 Å². The van der Waals surface area contributed by atoms with Crippen LogP contribution in [0.1, 0.15) is 124 Å². The van der Waals surface area contributed by atoms with Crippen LogP contribution in [0.3, 0.4) is 0 Å². The van der Waals surface area contributed by atoms with Crippen LogP contribution in [0.2, 0.25) is 10.1 Å². The first kappa shape index (κ1) is 40.2. The number of methoxy groups -OCH3 is 1. The van der Waals surface area contributed by atoms with Crippen molar-refractivity contribution in [3.63, 3.8) is 0 Å². The predicted octanol–water partition coefficient (Wildman–Crippen LogP) is 7.56. The highest BCUT2D eigenvalue weighted by Crippen LogP contribution is 2.56. The fourth-order valence-electron chi connectivity index (χ4n) is 7.47. The maximum atomic E-state index is 14.5. The molecule has 5 rings (SSSR count). The SMILES string of the molecule is CO[C@@H]1[C@@H]2O[Si](C(C)(C)C)(C(C)(C)C)OC[C@H]2O[C@H]1n1cnc2c(OS(=O)(=O)c3c(C(C)C)cc(C(C)C)cc3C(C)C)nc(/N=C/N(C)C)nc21. The van der Waals surface area contributed by atoms with E-state index >= 15 is 0 Å². The summed E-state index contributed by atoms with van der Waals surface area (Å²) in [5.41, 5.74) is 2.86. The van der Waals surface area contributed by atoms with Crippen molar-refractivity contribution >= 4 is 42.1 Å². The molecule has 0 spiro atoms. The Kier molecular flexibility index (Phi) is 11.1. The van der Waals surface area contributed by atoms with E-state index in [2.05, 4.69) is 70.4 Å². The van der Waals surface area contributed by atoms with E-state index in [-0.39, 0.29) is 55.7 Å². The lowest BCUT2D eigenvalue weighted by Gasteiger charge is -2.53. The largest absolute Gasteiger partial charge is 0.391 e. The molecule has 2 saturated heterocycles. The molecular formula is C37H58N6O7SSi. The number of fused-ring (bicyclic) bond motifs is 2. The Balaban J connectivity index is 1.64. The smallest absolute Gasteiger partial charge is 0.349 e. The highest BCUT2D eigenvalue weighted by atomic mass is 32.2. The zero-order valence-corrected chi connectivity index (χ0v) is 35.3. The van der Waals surface area contributed by atoms with Crippen molar-refractivity contribution < 1.29 is 30.9 Å². The van der Waals surface area contributed by atoms with Crippen LogP contribution in [0.4, 0.5) is 5.95 Å². The summed E-state index contributed by atoms with van der Waals surface area (Å²) in [5, 5.41) is -0.475. The van der Waals surface area contributed by atoms with Crippen LogP contribution in [0.5, 0.6) is 5.88 Å². The molecule has 4 atom stereocenters. The zero-order valence-electron chi connectivity index (χ0n) is 33.5. The van der Waals surface area contributed by atoms with Crippen LogP contribution in [0.25, 0.3) is 11.2 Å². The summed E-state index contributed by atoms with van der Waals surface area (Å²) in [4.78, 5) is 20.1. The van der Waals surface area contributed by atoms with Gasteiger partial charge in [0.05, 0.1) is 19.3 Å². The molecule has 0 bridgehead atoms. The molecule has 1 aromatic carbocycles. The summed E-state index contributed by atoms with van der Waals surface area (Å²) >= 11 is 0. The predicted molar refractivity (Wildman–Crippen MR) is 204 cm³/mol. The van der Waals surface area contributed by atoms with Gasteiger partial charge in [0.25, 0.3) is 11.8 Å². The van der Waals surface area contributed by atoms with Crippen LogP contribution in [0, 0.1) is 0 Å². The topological polar surface area (TPSA) is 139 Å². The van der Waals surface area contributed by atoms with E-state index in [1.807, 2.05) is 53.9 Å². The molecule has 13 nitrogen and oxygen atoms in total. The summed E-state index contributed by atoms with van der Waals surface area (Å²) in [6, 6.07) is 3.94. The fourth-order valence-corrected chi connectivity index (χ4v) is 14.0. The Hall–Kier alpha value is -2.95. The summed E-state index contributed by atoms with van der Waals surface area (Å²) in [6.45, 7) is 25.5.